The van der Waals surface area contributed by atoms with Gasteiger partial charge in [-0.15, -0.1) is 0 Å². The van der Waals surface area contributed by atoms with Gasteiger partial charge in [-0.25, -0.2) is 19.6 Å². The third-order valence-corrected chi connectivity index (χ3v) is 5.36. The molecule has 1 unspecified atom stereocenters. The van der Waals surface area contributed by atoms with E-state index in [0.29, 0.717) is 10.4 Å². The Kier molecular flexibility index (Phi) is 7.86. The summed E-state index contributed by atoms with van der Waals surface area (Å²) in [4.78, 5) is 25.5. The lowest BCUT2D eigenvalue weighted by Crippen LogP contribution is -2.38. The highest BCUT2D eigenvalue weighted by molar-refractivity contribution is 6.30. The summed E-state index contributed by atoms with van der Waals surface area (Å²) in [5.74, 6) is -0.314. The van der Waals surface area contributed by atoms with Crippen LogP contribution >= 0.6 is 11.6 Å². The van der Waals surface area contributed by atoms with Gasteiger partial charge < -0.3 is 19.9 Å². The molecular formula is C24H19ClN8O4. The summed E-state index contributed by atoms with van der Waals surface area (Å²) < 4.78 is 12.8. The number of carbonyl (C=O) groups is 1. The van der Waals surface area contributed by atoms with Crippen molar-refractivity contribution < 1.29 is 19.4 Å². The lowest BCUT2D eigenvalue weighted by molar-refractivity contribution is -0.127. The van der Waals surface area contributed by atoms with Crippen LogP contribution in [0.15, 0.2) is 49.1 Å². The van der Waals surface area contributed by atoms with Gasteiger partial charge in [0, 0.05) is 6.20 Å². The van der Waals surface area contributed by atoms with Crippen molar-refractivity contribution in [1.82, 2.24) is 24.7 Å². The number of hydrogen-bond donors (Lipinski definition) is 2. The standard InChI is InChI=1S/C24H19ClN8O4/c1-14(11-34)36-12-19(23(35)32-20-6-5-17(25)9-28-20)37-24-18-10-31-33(22(18)29-13-30-24)21-15(7-26)3-2-4-16(21)8-27/h2-6,9-10,13-14,19,34H,11-12H2,1H3,(H,28,32,35)/t14-,19?/m1/s1. The first-order valence-electron chi connectivity index (χ1n) is 10.9. The molecule has 3 heterocycles. The van der Waals surface area contributed by atoms with Gasteiger partial charge in [0.1, 0.15) is 35.4 Å². The number of aliphatic hydroxyl groups is 1. The summed E-state index contributed by atoms with van der Waals surface area (Å²) in [5.41, 5.74) is 0.969. The van der Waals surface area contributed by atoms with E-state index in [2.05, 4.69) is 37.5 Å². The van der Waals surface area contributed by atoms with Crippen molar-refractivity contribution in [2.75, 3.05) is 18.5 Å². The molecule has 37 heavy (non-hydrogen) atoms. The lowest BCUT2D eigenvalue weighted by Gasteiger charge is -2.20. The van der Waals surface area contributed by atoms with Gasteiger partial charge in [-0.2, -0.15) is 15.6 Å². The van der Waals surface area contributed by atoms with Crippen LogP contribution in [0.3, 0.4) is 0 Å². The molecule has 0 saturated heterocycles. The maximum atomic E-state index is 13.0. The first kappa shape index (κ1) is 25.5. The Labute approximate surface area is 215 Å². The zero-order valence-electron chi connectivity index (χ0n) is 19.4. The van der Waals surface area contributed by atoms with E-state index < -0.39 is 18.1 Å². The summed E-state index contributed by atoms with van der Waals surface area (Å²) in [6.45, 7) is 1.18. The van der Waals surface area contributed by atoms with Gasteiger partial charge >= 0.3 is 0 Å². The number of hydrogen-bond acceptors (Lipinski definition) is 10. The number of fused-ring (bicyclic) bond motifs is 1. The van der Waals surface area contributed by atoms with Crippen LogP contribution in [-0.4, -0.2) is 61.2 Å². The van der Waals surface area contributed by atoms with E-state index in [0.717, 1.165) is 0 Å². The molecule has 0 saturated carbocycles. The number of aliphatic hydroxyl groups excluding tert-OH is 1. The predicted molar refractivity (Wildman–Crippen MR) is 131 cm³/mol. The Hall–Kier alpha value is -4.62. The fraction of sp³-hybridized carbons (Fsp3) is 0.208. The summed E-state index contributed by atoms with van der Waals surface area (Å²) in [6.07, 6.45) is 2.26. The largest absolute Gasteiger partial charge is 0.461 e. The average molecular weight is 519 g/mol. The van der Waals surface area contributed by atoms with Crippen molar-refractivity contribution in [1.29, 1.82) is 10.5 Å². The number of benzene rings is 1. The average Bonchev–Trinajstić information content (AvgIpc) is 3.36. The fourth-order valence-corrected chi connectivity index (χ4v) is 3.40. The molecule has 0 fully saturated rings. The quantitative estimate of drug-likeness (QED) is 0.335. The van der Waals surface area contributed by atoms with E-state index in [1.807, 2.05) is 0 Å². The van der Waals surface area contributed by atoms with Gasteiger partial charge in [-0.1, -0.05) is 17.7 Å². The van der Waals surface area contributed by atoms with E-state index >= 15 is 0 Å². The third kappa shape index (κ3) is 5.63. The van der Waals surface area contributed by atoms with Crippen LogP contribution < -0.4 is 10.1 Å². The molecule has 2 atom stereocenters. The van der Waals surface area contributed by atoms with Crippen LogP contribution in [0.2, 0.25) is 5.02 Å². The number of nitriles is 2. The second kappa shape index (κ2) is 11.4. The summed E-state index contributed by atoms with van der Waals surface area (Å²) in [5, 5.41) is 36.1. The highest BCUT2D eigenvalue weighted by atomic mass is 35.5. The second-order valence-electron chi connectivity index (χ2n) is 7.68. The highest BCUT2D eigenvalue weighted by Crippen LogP contribution is 2.27. The molecule has 1 amide bonds. The molecule has 186 valence electrons. The zero-order valence-corrected chi connectivity index (χ0v) is 20.1. The number of carbonyl (C=O) groups excluding carboxylic acids is 1. The Bertz CT molecular complexity index is 1480. The van der Waals surface area contributed by atoms with E-state index in [4.69, 9.17) is 21.1 Å². The normalized spacial score (nSPS) is 12.4. The Morgan fingerprint density at radius 1 is 1.16 bits per heavy atom. The van der Waals surface area contributed by atoms with Crippen molar-refractivity contribution in [2.24, 2.45) is 0 Å². The zero-order chi connectivity index (χ0) is 26.4. The van der Waals surface area contributed by atoms with Crippen molar-refractivity contribution >= 4 is 34.4 Å². The van der Waals surface area contributed by atoms with Gasteiger partial charge in [0.05, 0.1) is 41.7 Å². The fourth-order valence-electron chi connectivity index (χ4n) is 3.29. The number of anilines is 1. The first-order valence-corrected chi connectivity index (χ1v) is 11.3. The Balaban J connectivity index is 1.69. The molecule has 12 nitrogen and oxygen atoms in total. The van der Waals surface area contributed by atoms with E-state index in [1.165, 1.54) is 29.5 Å². The number of nitrogens with one attached hydrogen (secondary N) is 1. The molecule has 0 aliphatic rings. The van der Waals surface area contributed by atoms with E-state index in [-0.39, 0.29) is 47.4 Å². The van der Waals surface area contributed by atoms with Crippen molar-refractivity contribution in [2.45, 2.75) is 19.1 Å². The number of aromatic nitrogens is 5. The minimum absolute atomic E-state index is 0.0219. The van der Waals surface area contributed by atoms with E-state index in [1.54, 1.807) is 31.2 Å². The summed E-state index contributed by atoms with van der Waals surface area (Å²) in [7, 11) is 0. The number of nitrogens with zero attached hydrogens (tertiary/aromatic N) is 7. The van der Waals surface area contributed by atoms with Crippen LogP contribution in [0.1, 0.15) is 18.1 Å². The first-order chi connectivity index (χ1) is 17.9. The summed E-state index contributed by atoms with van der Waals surface area (Å²) >= 11 is 5.86. The molecule has 2 N–H and O–H groups in total. The third-order valence-electron chi connectivity index (χ3n) is 5.13. The molecule has 0 aliphatic carbocycles. The molecule has 3 aromatic heterocycles. The molecule has 0 bridgehead atoms. The second-order valence-corrected chi connectivity index (χ2v) is 8.12. The van der Waals surface area contributed by atoms with E-state index in [9.17, 15) is 20.4 Å². The minimum atomic E-state index is -1.20. The molecule has 0 aliphatic heterocycles. The monoisotopic (exact) mass is 518 g/mol. The van der Waals surface area contributed by atoms with Gasteiger partial charge in [0.25, 0.3) is 5.91 Å². The van der Waals surface area contributed by atoms with Crippen LogP contribution in [-0.2, 0) is 9.53 Å². The van der Waals surface area contributed by atoms with Crippen molar-refractivity contribution in [3.8, 4) is 23.7 Å². The number of amides is 1. The van der Waals surface area contributed by atoms with Crippen molar-refractivity contribution in [3.05, 3.63) is 65.2 Å². The highest BCUT2D eigenvalue weighted by Gasteiger charge is 2.26. The molecule has 0 radical (unpaired) electrons. The van der Waals surface area contributed by atoms with Crippen LogP contribution in [0.25, 0.3) is 16.7 Å². The number of pyridine rings is 1. The smallest absolute Gasteiger partial charge is 0.269 e. The molecule has 4 aromatic rings. The van der Waals surface area contributed by atoms with Crippen molar-refractivity contribution in [3.63, 3.8) is 0 Å². The molecule has 1 aromatic carbocycles. The van der Waals surface area contributed by atoms with Crippen LogP contribution in [0.4, 0.5) is 5.82 Å². The Morgan fingerprint density at radius 2 is 1.92 bits per heavy atom. The van der Waals surface area contributed by atoms with Gasteiger partial charge in [0.2, 0.25) is 12.0 Å². The topological polar surface area (TPSA) is 172 Å². The predicted octanol–water partition coefficient (Wildman–Crippen LogP) is 2.39. The van der Waals surface area contributed by atoms with Gasteiger partial charge in [0.15, 0.2) is 5.65 Å². The minimum Gasteiger partial charge on any atom is -0.461 e. The lowest BCUT2D eigenvalue weighted by atomic mass is 10.1. The SMILES string of the molecule is C[C@H](CO)OCC(Oc1ncnc2c1cnn2-c1c(C#N)cccc1C#N)C(=O)Nc1ccc(Cl)cn1. The summed E-state index contributed by atoms with van der Waals surface area (Å²) in [6, 6.07) is 11.9. The van der Waals surface area contributed by atoms with Crippen LogP contribution in [0, 0.1) is 22.7 Å². The molecule has 0 spiro atoms. The number of para-hydroxylation sites is 1. The maximum Gasteiger partial charge on any atom is 0.269 e. The number of ether oxygens (including phenoxy) is 2. The van der Waals surface area contributed by atoms with Gasteiger partial charge in [-0.3, -0.25) is 4.79 Å². The van der Waals surface area contributed by atoms with Crippen LogP contribution in [0.5, 0.6) is 5.88 Å². The number of halogens is 1. The molecular weight excluding hydrogens is 500 g/mol. The molecule has 13 heteroatoms. The molecule has 4 rings (SSSR count). The van der Waals surface area contributed by atoms with Gasteiger partial charge in [-0.05, 0) is 31.2 Å². The number of rotatable bonds is 9. The maximum absolute atomic E-state index is 13.0. The Morgan fingerprint density at radius 3 is 2.57 bits per heavy atom.